The first kappa shape index (κ1) is 12.9. The van der Waals surface area contributed by atoms with E-state index < -0.39 is 0 Å². The fourth-order valence-electron chi connectivity index (χ4n) is 2.18. The third-order valence-electron chi connectivity index (χ3n) is 3.62. The molecule has 3 atom stereocenters. The van der Waals surface area contributed by atoms with Crippen LogP contribution in [0.25, 0.3) is 0 Å². The molecular weight excluding hydrogens is 188 g/mol. The molecule has 1 heterocycles. The molecule has 15 heavy (non-hydrogen) atoms. The van der Waals surface area contributed by atoms with Crippen LogP contribution >= 0.6 is 0 Å². The van der Waals surface area contributed by atoms with Gasteiger partial charge < -0.3 is 15.4 Å². The second-order valence-corrected chi connectivity index (χ2v) is 4.63. The van der Waals surface area contributed by atoms with Gasteiger partial charge in [-0.25, -0.2) is 0 Å². The summed E-state index contributed by atoms with van der Waals surface area (Å²) in [7, 11) is 0. The Kier molecular flexibility index (Phi) is 5.58. The van der Waals surface area contributed by atoms with E-state index in [1.54, 1.807) is 0 Å². The minimum absolute atomic E-state index is 0.330. The molecule has 2 N–H and O–H groups in total. The van der Waals surface area contributed by atoms with Gasteiger partial charge in [-0.2, -0.15) is 0 Å². The monoisotopic (exact) mass is 214 g/mol. The van der Waals surface area contributed by atoms with Crippen LogP contribution in [0.2, 0.25) is 0 Å². The van der Waals surface area contributed by atoms with Crippen molar-refractivity contribution in [2.45, 2.75) is 45.7 Å². The molecule has 0 amide bonds. The second-order valence-electron chi connectivity index (χ2n) is 4.63. The van der Waals surface area contributed by atoms with Crippen LogP contribution in [0, 0.1) is 5.92 Å². The van der Waals surface area contributed by atoms with Gasteiger partial charge in [0.05, 0.1) is 6.61 Å². The molecule has 1 saturated heterocycles. The molecule has 0 aromatic carbocycles. The molecule has 0 spiro atoms. The van der Waals surface area contributed by atoms with Crippen molar-refractivity contribution in [2.75, 3.05) is 26.3 Å². The zero-order valence-electron chi connectivity index (χ0n) is 10.4. The van der Waals surface area contributed by atoms with Crippen molar-refractivity contribution in [3.63, 3.8) is 0 Å². The van der Waals surface area contributed by atoms with Gasteiger partial charge in [-0.1, -0.05) is 13.8 Å². The summed E-state index contributed by atoms with van der Waals surface area (Å²) >= 11 is 0. The zero-order chi connectivity index (χ0) is 11.3. The molecule has 1 fully saturated rings. The highest BCUT2D eigenvalue weighted by Gasteiger charge is 2.25. The van der Waals surface area contributed by atoms with Gasteiger partial charge in [0.2, 0.25) is 0 Å². The summed E-state index contributed by atoms with van der Waals surface area (Å²) < 4.78 is 5.50. The molecule has 1 aliphatic rings. The van der Waals surface area contributed by atoms with Crippen molar-refractivity contribution in [2.24, 2.45) is 11.7 Å². The van der Waals surface area contributed by atoms with Gasteiger partial charge in [0.25, 0.3) is 0 Å². The van der Waals surface area contributed by atoms with E-state index in [9.17, 15) is 0 Å². The lowest BCUT2D eigenvalue weighted by atomic mass is 9.95. The highest BCUT2D eigenvalue weighted by Crippen LogP contribution is 2.16. The van der Waals surface area contributed by atoms with Crippen LogP contribution in [0.5, 0.6) is 0 Å². The maximum absolute atomic E-state index is 6.12. The normalized spacial score (nSPS) is 29.4. The lowest BCUT2D eigenvalue weighted by Crippen LogP contribution is -2.47. The summed E-state index contributed by atoms with van der Waals surface area (Å²) in [6.07, 6.45) is 2.22. The Morgan fingerprint density at radius 2 is 2.20 bits per heavy atom. The van der Waals surface area contributed by atoms with Crippen LogP contribution in [0.4, 0.5) is 0 Å². The highest BCUT2D eigenvalue weighted by molar-refractivity contribution is 4.80. The van der Waals surface area contributed by atoms with Crippen molar-refractivity contribution in [3.8, 4) is 0 Å². The third kappa shape index (κ3) is 3.74. The van der Waals surface area contributed by atoms with Crippen LogP contribution in [-0.4, -0.2) is 43.3 Å². The Labute approximate surface area is 94.0 Å². The van der Waals surface area contributed by atoms with Gasteiger partial charge >= 0.3 is 0 Å². The Morgan fingerprint density at radius 3 is 2.73 bits per heavy atom. The van der Waals surface area contributed by atoms with Crippen molar-refractivity contribution in [1.29, 1.82) is 0 Å². The van der Waals surface area contributed by atoms with Crippen molar-refractivity contribution in [3.05, 3.63) is 0 Å². The zero-order valence-corrected chi connectivity index (χ0v) is 10.4. The minimum atomic E-state index is 0.330. The van der Waals surface area contributed by atoms with E-state index in [4.69, 9.17) is 10.5 Å². The van der Waals surface area contributed by atoms with Gasteiger partial charge in [-0.3, -0.25) is 0 Å². The predicted molar refractivity (Wildman–Crippen MR) is 63.9 cm³/mol. The van der Waals surface area contributed by atoms with E-state index >= 15 is 0 Å². The summed E-state index contributed by atoms with van der Waals surface area (Å²) in [5.41, 5.74) is 6.12. The molecule has 3 unspecified atom stereocenters. The van der Waals surface area contributed by atoms with E-state index in [0.29, 0.717) is 18.0 Å². The Hall–Kier alpha value is -0.120. The Balaban J connectivity index is 2.42. The molecule has 0 bridgehead atoms. The number of hydrogen-bond acceptors (Lipinski definition) is 3. The lowest BCUT2D eigenvalue weighted by molar-refractivity contribution is 0.0209. The second kappa shape index (κ2) is 6.46. The van der Waals surface area contributed by atoms with Crippen LogP contribution in [0.3, 0.4) is 0 Å². The quantitative estimate of drug-likeness (QED) is 0.753. The van der Waals surface area contributed by atoms with Crippen molar-refractivity contribution >= 4 is 0 Å². The van der Waals surface area contributed by atoms with Crippen molar-refractivity contribution in [1.82, 2.24) is 4.90 Å². The first-order valence-electron chi connectivity index (χ1n) is 6.26. The van der Waals surface area contributed by atoms with E-state index in [1.165, 1.54) is 6.42 Å². The van der Waals surface area contributed by atoms with Gasteiger partial charge in [-0.05, 0) is 26.3 Å². The summed E-state index contributed by atoms with van der Waals surface area (Å²) in [4.78, 5) is 2.51. The van der Waals surface area contributed by atoms with Gasteiger partial charge in [0.15, 0.2) is 0 Å². The molecule has 3 heteroatoms. The smallest absolute Gasteiger partial charge is 0.0521 e. The van der Waals surface area contributed by atoms with E-state index in [0.717, 1.165) is 32.7 Å². The van der Waals surface area contributed by atoms with E-state index in [1.807, 2.05) is 0 Å². The Bertz CT molecular complexity index is 171. The molecule has 0 aromatic rings. The van der Waals surface area contributed by atoms with Gasteiger partial charge in [-0.15, -0.1) is 0 Å². The van der Waals surface area contributed by atoms with Gasteiger partial charge in [0, 0.05) is 31.2 Å². The molecule has 1 aliphatic heterocycles. The number of nitrogens with two attached hydrogens (primary N) is 1. The molecule has 0 aromatic heterocycles. The minimum Gasteiger partial charge on any atom is -0.381 e. The van der Waals surface area contributed by atoms with Crippen LogP contribution in [-0.2, 0) is 4.74 Å². The summed E-state index contributed by atoms with van der Waals surface area (Å²) in [6, 6.07) is 0.987. The number of ether oxygens (including phenoxy) is 1. The largest absolute Gasteiger partial charge is 0.381 e. The highest BCUT2D eigenvalue weighted by atomic mass is 16.5. The summed E-state index contributed by atoms with van der Waals surface area (Å²) in [6.45, 7) is 10.6. The van der Waals surface area contributed by atoms with Crippen LogP contribution in [0.15, 0.2) is 0 Å². The molecule has 0 saturated carbocycles. The molecule has 1 rings (SSSR count). The third-order valence-corrected chi connectivity index (χ3v) is 3.62. The molecule has 90 valence electrons. The first-order valence-corrected chi connectivity index (χ1v) is 6.26. The van der Waals surface area contributed by atoms with Gasteiger partial charge in [0.1, 0.15) is 0 Å². The number of nitrogens with zero attached hydrogens (tertiary/aromatic N) is 1. The topological polar surface area (TPSA) is 38.5 Å². The molecule has 0 radical (unpaired) electrons. The summed E-state index contributed by atoms with van der Waals surface area (Å²) in [5.74, 6) is 0.521. The van der Waals surface area contributed by atoms with E-state index in [-0.39, 0.29) is 0 Å². The Morgan fingerprint density at radius 1 is 1.47 bits per heavy atom. The number of rotatable bonds is 5. The maximum Gasteiger partial charge on any atom is 0.0521 e. The van der Waals surface area contributed by atoms with Crippen molar-refractivity contribution < 1.29 is 4.74 Å². The van der Waals surface area contributed by atoms with Crippen LogP contribution < -0.4 is 5.73 Å². The lowest BCUT2D eigenvalue weighted by Gasteiger charge is -2.35. The predicted octanol–water partition coefficient (Wildman–Crippen LogP) is 1.47. The van der Waals surface area contributed by atoms with E-state index in [2.05, 4.69) is 25.7 Å². The first-order chi connectivity index (χ1) is 7.19. The average Bonchev–Trinajstić information content (AvgIpc) is 2.27. The standard InChI is InChI=1S/C12H26N2O/c1-4-10(3)14(5-2)8-11-9-15-7-6-12(11)13/h10-12H,4-9,13H2,1-3H3. The molecule has 0 aliphatic carbocycles. The fraction of sp³-hybridized carbons (Fsp3) is 1.00. The number of hydrogen-bond donors (Lipinski definition) is 1. The summed E-state index contributed by atoms with van der Waals surface area (Å²) in [5, 5.41) is 0. The SMILES string of the molecule is CCC(C)N(CC)CC1COCCC1N. The molecular formula is C12H26N2O. The molecule has 3 nitrogen and oxygen atoms in total. The average molecular weight is 214 g/mol. The van der Waals surface area contributed by atoms with Crippen LogP contribution in [0.1, 0.15) is 33.6 Å². The fourth-order valence-corrected chi connectivity index (χ4v) is 2.18. The maximum atomic E-state index is 6.12.